The molecule has 1 aliphatic rings. The van der Waals surface area contributed by atoms with Crippen LogP contribution in [0.1, 0.15) is 6.42 Å². The Morgan fingerprint density at radius 3 is 2.94 bits per heavy atom. The summed E-state index contributed by atoms with van der Waals surface area (Å²) in [7, 11) is 0. The van der Waals surface area contributed by atoms with Gasteiger partial charge in [-0.05, 0) is 25.1 Å². The van der Waals surface area contributed by atoms with E-state index in [9.17, 15) is 0 Å². The first-order valence-corrected chi connectivity index (χ1v) is 5.99. The second-order valence-corrected chi connectivity index (χ2v) is 4.29. The summed E-state index contributed by atoms with van der Waals surface area (Å²) >= 11 is 0. The van der Waals surface area contributed by atoms with Crippen LogP contribution >= 0.6 is 0 Å². The van der Waals surface area contributed by atoms with Gasteiger partial charge in [-0.2, -0.15) is 0 Å². The van der Waals surface area contributed by atoms with E-state index in [4.69, 9.17) is 0 Å². The van der Waals surface area contributed by atoms with E-state index in [1.165, 1.54) is 0 Å². The third kappa shape index (κ3) is 2.17. The van der Waals surface area contributed by atoms with Crippen LogP contribution in [-0.2, 0) is 0 Å². The molecule has 0 amide bonds. The molecule has 0 radical (unpaired) electrons. The fourth-order valence-electron chi connectivity index (χ4n) is 2.17. The molecule has 1 aromatic heterocycles. The van der Waals surface area contributed by atoms with Crippen molar-refractivity contribution in [2.75, 3.05) is 18.4 Å². The highest BCUT2D eigenvalue weighted by molar-refractivity contribution is 5.42. The maximum absolute atomic E-state index is 4.38. The lowest BCUT2D eigenvalue weighted by atomic mass is 10.3. The lowest BCUT2D eigenvalue weighted by Crippen LogP contribution is -2.23. The number of imidazole rings is 1. The Bertz CT molecular complexity index is 471. The first-order valence-electron chi connectivity index (χ1n) is 5.99. The SMILES string of the molecule is c1ccc(-n2ccnc2NC2CCNC2)cc1. The van der Waals surface area contributed by atoms with Gasteiger partial charge in [0.1, 0.15) is 0 Å². The zero-order valence-corrected chi connectivity index (χ0v) is 9.63. The second-order valence-electron chi connectivity index (χ2n) is 4.29. The predicted molar refractivity (Wildman–Crippen MR) is 68.5 cm³/mol. The molecule has 1 aromatic carbocycles. The maximum Gasteiger partial charge on any atom is 0.207 e. The van der Waals surface area contributed by atoms with Gasteiger partial charge in [-0.1, -0.05) is 18.2 Å². The summed E-state index contributed by atoms with van der Waals surface area (Å²) in [6.45, 7) is 2.10. The van der Waals surface area contributed by atoms with Crippen molar-refractivity contribution in [3.63, 3.8) is 0 Å². The monoisotopic (exact) mass is 228 g/mol. The Hall–Kier alpha value is -1.81. The zero-order chi connectivity index (χ0) is 11.5. The van der Waals surface area contributed by atoms with E-state index in [-0.39, 0.29) is 0 Å². The van der Waals surface area contributed by atoms with Crippen LogP contribution in [0.3, 0.4) is 0 Å². The highest BCUT2D eigenvalue weighted by atomic mass is 15.2. The molecule has 4 heteroatoms. The topological polar surface area (TPSA) is 41.9 Å². The minimum atomic E-state index is 0.486. The van der Waals surface area contributed by atoms with Crippen molar-refractivity contribution in [1.29, 1.82) is 0 Å². The van der Waals surface area contributed by atoms with E-state index >= 15 is 0 Å². The van der Waals surface area contributed by atoms with Crippen molar-refractivity contribution in [3.05, 3.63) is 42.7 Å². The van der Waals surface area contributed by atoms with E-state index in [0.29, 0.717) is 6.04 Å². The van der Waals surface area contributed by atoms with Crippen molar-refractivity contribution < 1.29 is 0 Å². The average molecular weight is 228 g/mol. The molecule has 2 N–H and O–H groups in total. The highest BCUT2D eigenvalue weighted by Gasteiger charge is 2.16. The lowest BCUT2D eigenvalue weighted by molar-refractivity contribution is 0.776. The molecule has 1 fully saturated rings. The molecule has 2 aromatic rings. The molecule has 0 spiro atoms. The van der Waals surface area contributed by atoms with Crippen LogP contribution in [0.5, 0.6) is 0 Å². The number of aromatic nitrogens is 2. The number of nitrogens with zero attached hydrogens (tertiary/aromatic N) is 2. The van der Waals surface area contributed by atoms with Gasteiger partial charge < -0.3 is 10.6 Å². The van der Waals surface area contributed by atoms with Crippen molar-refractivity contribution in [3.8, 4) is 5.69 Å². The van der Waals surface area contributed by atoms with Crippen LogP contribution in [0.2, 0.25) is 0 Å². The summed E-state index contributed by atoms with van der Waals surface area (Å²) in [4.78, 5) is 4.38. The van der Waals surface area contributed by atoms with Crippen LogP contribution in [0, 0.1) is 0 Å². The zero-order valence-electron chi connectivity index (χ0n) is 9.63. The average Bonchev–Trinajstić information content (AvgIpc) is 3.02. The molecule has 1 saturated heterocycles. The van der Waals surface area contributed by atoms with Crippen LogP contribution in [0.15, 0.2) is 42.7 Å². The number of rotatable bonds is 3. The summed E-state index contributed by atoms with van der Waals surface area (Å²) in [6, 6.07) is 10.8. The van der Waals surface area contributed by atoms with Crippen molar-refractivity contribution in [1.82, 2.24) is 14.9 Å². The Kier molecular flexibility index (Phi) is 2.80. The Balaban J connectivity index is 1.84. The van der Waals surface area contributed by atoms with Gasteiger partial charge in [0.2, 0.25) is 5.95 Å². The number of hydrogen-bond acceptors (Lipinski definition) is 3. The fourth-order valence-corrected chi connectivity index (χ4v) is 2.17. The van der Waals surface area contributed by atoms with Gasteiger partial charge >= 0.3 is 0 Å². The molecule has 0 bridgehead atoms. The third-order valence-corrected chi connectivity index (χ3v) is 3.07. The standard InChI is InChI=1S/C13H16N4/c1-2-4-12(5-3-1)17-9-8-15-13(17)16-11-6-7-14-10-11/h1-5,8-9,11,14H,6-7,10H2,(H,15,16). The van der Waals surface area contributed by atoms with Crippen molar-refractivity contribution in [2.45, 2.75) is 12.5 Å². The number of benzene rings is 1. The minimum Gasteiger partial charge on any atom is -0.351 e. The van der Waals surface area contributed by atoms with E-state index in [2.05, 4.69) is 32.3 Å². The van der Waals surface area contributed by atoms with Gasteiger partial charge in [0, 0.05) is 30.7 Å². The lowest BCUT2D eigenvalue weighted by Gasteiger charge is -2.14. The van der Waals surface area contributed by atoms with E-state index in [1.54, 1.807) is 0 Å². The largest absolute Gasteiger partial charge is 0.351 e. The van der Waals surface area contributed by atoms with Crippen LogP contribution in [0.4, 0.5) is 5.95 Å². The first kappa shape index (κ1) is 10.4. The molecular formula is C13H16N4. The van der Waals surface area contributed by atoms with E-state index < -0.39 is 0 Å². The second kappa shape index (κ2) is 4.59. The summed E-state index contributed by atoms with van der Waals surface area (Å²) in [5.41, 5.74) is 1.14. The third-order valence-electron chi connectivity index (χ3n) is 3.07. The van der Waals surface area contributed by atoms with Gasteiger partial charge in [0.25, 0.3) is 0 Å². The number of para-hydroxylation sites is 1. The summed E-state index contributed by atoms with van der Waals surface area (Å²) in [5, 5.41) is 6.82. The Morgan fingerprint density at radius 1 is 1.29 bits per heavy atom. The normalized spacial score (nSPS) is 19.4. The Labute approximate surface area is 101 Å². The number of anilines is 1. The molecular weight excluding hydrogens is 212 g/mol. The molecule has 17 heavy (non-hydrogen) atoms. The minimum absolute atomic E-state index is 0.486. The number of nitrogens with one attached hydrogen (secondary N) is 2. The molecule has 2 heterocycles. The Morgan fingerprint density at radius 2 is 2.18 bits per heavy atom. The van der Waals surface area contributed by atoms with E-state index in [0.717, 1.165) is 31.1 Å². The fraction of sp³-hybridized carbons (Fsp3) is 0.308. The predicted octanol–water partition coefficient (Wildman–Crippen LogP) is 1.65. The van der Waals surface area contributed by atoms with Crippen molar-refractivity contribution in [2.24, 2.45) is 0 Å². The van der Waals surface area contributed by atoms with Gasteiger partial charge in [0.15, 0.2) is 0 Å². The first-order chi connectivity index (χ1) is 8.43. The van der Waals surface area contributed by atoms with Gasteiger partial charge in [0.05, 0.1) is 0 Å². The summed E-state index contributed by atoms with van der Waals surface area (Å²) < 4.78 is 2.08. The van der Waals surface area contributed by atoms with Gasteiger partial charge in [-0.15, -0.1) is 0 Å². The maximum atomic E-state index is 4.38. The van der Waals surface area contributed by atoms with Crippen LogP contribution in [-0.4, -0.2) is 28.7 Å². The number of hydrogen-bond donors (Lipinski definition) is 2. The molecule has 0 aliphatic carbocycles. The smallest absolute Gasteiger partial charge is 0.207 e. The highest BCUT2D eigenvalue weighted by Crippen LogP contribution is 2.15. The molecule has 3 rings (SSSR count). The summed E-state index contributed by atoms with van der Waals surface area (Å²) in [6.07, 6.45) is 4.97. The molecule has 1 atom stereocenters. The van der Waals surface area contributed by atoms with E-state index in [1.807, 2.05) is 30.6 Å². The molecule has 4 nitrogen and oxygen atoms in total. The van der Waals surface area contributed by atoms with Crippen LogP contribution < -0.4 is 10.6 Å². The molecule has 1 aliphatic heterocycles. The molecule has 1 unspecified atom stereocenters. The van der Waals surface area contributed by atoms with Gasteiger partial charge in [-0.3, -0.25) is 4.57 Å². The summed E-state index contributed by atoms with van der Waals surface area (Å²) in [5.74, 6) is 0.921. The van der Waals surface area contributed by atoms with Crippen LogP contribution in [0.25, 0.3) is 5.69 Å². The molecule has 88 valence electrons. The van der Waals surface area contributed by atoms with Gasteiger partial charge in [-0.25, -0.2) is 4.98 Å². The molecule has 0 saturated carbocycles. The van der Waals surface area contributed by atoms with Crippen molar-refractivity contribution >= 4 is 5.95 Å². The quantitative estimate of drug-likeness (QED) is 0.839.